The molecule has 0 N–H and O–H groups in total. The Morgan fingerprint density at radius 2 is 1.83 bits per heavy atom. The quantitative estimate of drug-likeness (QED) is 0.353. The monoisotopic (exact) mass is 315 g/mol. The molecule has 0 radical (unpaired) electrons. The Balaban J connectivity index is 2.02. The van der Waals surface area contributed by atoms with Gasteiger partial charge in [-0.1, -0.05) is 29.8 Å². The summed E-state index contributed by atoms with van der Waals surface area (Å²) in [4.78, 5) is 22.2. The summed E-state index contributed by atoms with van der Waals surface area (Å²) in [7, 11) is 1.41. The van der Waals surface area contributed by atoms with Gasteiger partial charge in [0.2, 0.25) is 0 Å². The first-order valence-corrected chi connectivity index (χ1v) is 7.08. The predicted molar refractivity (Wildman–Crippen MR) is 84.8 cm³/mol. The van der Waals surface area contributed by atoms with Crippen LogP contribution in [0.5, 0.6) is 11.5 Å². The SMILES string of the molecule is COc1ccc([N+](=O)[O-])cc1OC(=O)CCc1ccc(C)cc1. The second-order valence-electron chi connectivity index (χ2n) is 5.05. The number of hydrogen-bond donors (Lipinski definition) is 0. The molecule has 0 aromatic heterocycles. The number of rotatable bonds is 6. The van der Waals surface area contributed by atoms with Crippen molar-refractivity contribution < 1.29 is 19.2 Å². The number of aryl methyl sites for hydroxylation is 2. The van der Waals surface area contributed by atoms with Crippen LogP contribution in [0.3, 0.4) is 0 Å². The van der Waals surface area contributed by atoms with E-state index >= 15 is 0 Å². The standard InChI is InChI=1S/C17H17NO5/c1-12-3-5-13(6-4-12)7-10-17(19)23-16-11-14(18(20)21)8-9-15(16)22-2/h3-6,8-9,11H,7,10H2,1-2H3. The van der Waals surface area contributed by atoms with Gasteiger partial charge in [0, 0.05) is 12.5 Å². The van der Waals surface area contributed by atoms with Gasteiger partial charge >= 0.3 is 5.97 Å². The number of hydrogen-bond acceptors (Lipinski definition) is 5. The number of benzene rings is 2. The van der Waals surface area contributed by atoms with E-state index in [1.54, 1.807) is 0 Å². The molecule has 0 unspecified atom stereocenters. The summed E-state index contributed by atoms with van der Waals surface area (Å²) in [5.74, 6) is -0.140. The number of carbonyl (C=O) groups is 1. The Morgan fingerprint density at radius 3 is 2.43 bits per heavy atom. The molecule has 0 amide bonds. The molecule has 120 valence electrons. The zero-order chi connectivity index (χ0) is 16.8. The fourth-order valence-electron chi connectivity index (χ4n) is 2.03. The Morgan fingerprint density at radius 1 is 1.13 bits per heavy atom. The second kappa shape index (κ2) is 7.40. The predicted octanol–water partition coefficient (Wildman–Crippen LogP) is 3.45. The van der Waals surface area contributed by atoms with Crippen molar-refractivity contribution in [3.63, 3.8) is 0 Å². The zero-order valence-electron chi connectivity index (χ0n) is 12.9. The number of methoxy groups -OCH3 is 1. The van der Waals surface area contributed by atoms with E-state index in [1.165, 1.54) is 25.3 Å². The Labute approximate surface area is 133 Å². The number of non-ortho nitro benzene ring substituents is 1. The molecular weight excluding hydrogens is 298 g/mol. The third-order valence-electron chi connectivity index (χ3n) is 3.32. The van der Waals surface area contributed by atoms with Crippen LogP contribution in [0.15, 0.2) is 42.5 Å². The lowest BCUT2D eigenvalue weighted by Crippen LogP contribution is -2.10. The van der Waals surface area contributed by atoms with E-state index in [2.05, 4.69) is 0 Å². The first kappa shape index (κ1) is 16.5. The summed E-state index contributed by atoms with van der Waals surface area (Å²) in [6, 6.07) is 11.7. The summed E-state index contributed by atoms with van der Waals surface area (Å²) in [6.07, 6.45) is 0.714. The van der Waals surface area contributed by atoms with Gasteiger partial charge in [0.05, 0.1) is 18.1 Å². The van der Waals surface area contributed by atoms with E-state index in [0.717, 1.165) is 11.1 Å². The van der Waals surface area contributed by atoms with Gasteiger partial charge in [-0.3, -0.25) is 14.9 Å². The van der Waals surface area contributed by atoms with Crippen LogP contribution < -0.4 is 9.47 Å². The maximum Gasteiger partial charge on any atom is 0.311 e. The van der Waals surface area contributed by atoms with Crippen LogP contribution in [-0.2, 0) is 11.2 Å². The fraction of sp³-hybridized carbons (Fsp3) is 0.235. The number of nitrogens with zero attached hydrogens (tertiary/aromatic N) is 1. The van der Waals surface area contributed by atoms with Gasteiger partial charge in [-0.15, -0.1) is 0 Å². The van der Waals surface area contributed by atoms with Crippen LogP contribution in [-0.4, -0.2) is 18.0 Å². The number of ether oxygens (including phenoxy) is 2. The molecule has 0 spiro atoms. The fourth-order valence-corrected chi connectivity index (χ4v) is 2.03. The van der Waals surface area contributed by atoms with Crippen molar-refractivity contribution >= 4 is 11.7 Å². The first-order chi connectivity index (χ1) is 11.0. The van der Waals surface area contributed by atoms with Crippen molar-refractivity contribution in [3.8, 4) is 11.5 Å². The van der Waals surface area contributed by atoms with Crippen LogP contribution in [0.25, 0.3) is 0 Å². The van der Waals surface area contributed by atoms with Gasteiger partial charge in [-0.25, -0.2) is 0 Å². The van der Waals surface area contributed by atoms with E-state index in [-0.39, 0.29) is 23.6 Å². The van der Waals surface area contributed by atoms with Crippen LogP contribution in [0.2, 0.25) is 0 Å². The molecule has 0 fully saturated rings. The molecule has 6 heteroatoms. The Hall–Kier alpha value is -2.89. The molecule has 0 saturated carbocycles. The summed E-state index contributed by atoms with van der Waals surface area (Å²) >= 11 is 0. The van der Waals surface area contributed by atoms with E-state index in [4.69, 9.17) is 9.47 Å². The van der Waals surface area contributed by atoms with Gasteiger partial charge in [-0.2, -0.15) is 0 Å². The summed E-state index contributed by atoms with van der Waals surface area (Å²) < 4.78 is 10.3. The molecule has 0 aliphatic heterocycles. The van der Waals surface area contributed by atoms with Gasteiger partial charge < -0.3 is 9.47 Å². The smallest absolute Gasteiger partial charge is 0.311 e. The molecule has 2 rings (SSSR count). The minimum atomic E-state index is -0.553. The highest BCUT2D eigenvalue weighted by atomic mass is 16.6. The molecule has 2 aromatic rings. The van der Waals surface area contributed by atoms with Gasteiger partial charge in [0.15, 0.2) is 11.5 Å². The van der Waals surface area contributed by atoms with E-state index in [9.17, 15) is 14.9 Å². The first-order valence-electron chi connectivity index (χ1n) is 7.08. The average Bonchev–Trinajstić information content (AvgIpc) is 2.54. The molecule has 23 heavy (non-hydrogen) atoms. The lowest BCUT2D eigenvalue weighted by atomic mass is 10.1. The van der Waals surface area contributed by atoms with Crippen molar-refractivity contribution in [1.29, 1.82) is 0 Å². The minimum absolute atomic E-state index is 0.0515. The highest BCUT2D eigenvalue weighted by Gasteiger charge is 2.15. The van der Waals surface area contributed by atoms with Crippen molar-refractivity contribution in [3.05, 3.63) is 63.7 Å². The van der Waals surface area contributed by atoms with E-state index < -0.39 is 10.9 Å². The summed E-state index contributed by atoms with van der Waals surface area (Å²) in [5.41, 5.74) is 2.02. The highest BCUT2D eigenvalue weighted by molar-refractivity contribution is 5.74. The number of nitro groups is 1. The number of nitro benzene ring substituents is 1. The lowest BCUT2D eigenvalue weighted by Gasteiger charge is -2.09. The lowest BCUT2D eigenvalue weighted by molar-refractivity contribution is -0.384. The third-order valence-corrected chi connectivity index (χ3v) is 3.32. The minimum Gasteiger partial charge on any atom is -0.493 e. The molecule has 0 bridgehead atoms. The second-order valence-corrected chi connectivity index (χ2v) is 5.05. The highest BCUT2D eigenvalue weighted by Crippen LogP contribution is 2.31. The molecule has 0 aliphatic rings. The van der Waals surface area contributed by atoms with Crippen molar-refractivity contribution in [2.75, 3.05) is 7.11 Å². The van der Waals surface area contributed by atoms with Crippen molar-refractivity contribution in [1.82, 2.24) is 0 Å². The molecule has 2 aromatic carbocycles. The maximum atomic E-state index is 12.0. The largest absolute Gasteiger partial charge is 0.493 e. The maximum absolute atomic E-state index is 12.0. The topological polar surface area (TPSA) is 78.7 Å². The zero-order valence-corrected chi connectivity index (χ0v) is 12.9. The third kappa shape index (κ3) is 4.54. The van der Waals surface area contributed by atoms with E-state index in [1.807, 2.05) is 31.2 Å². The number of carbonyl (C=O) groups excluding carboxylic acids is 1. The Bertz CT molecular complexity index is 709. The van der Waals surface area contributed by atoms with Crippen molar-refractivity contribution in [2.45, 2.75) is 19.8 Å². The Kier molecular flexibility index (Phi) is 5.30. The molecule has 0 aliphatic carbocycles. The molecule has 6 nitrogen and oxygen atoms in total. The van der Waals surface area contributed by atoms with Gasteiger partial charge in [0.1, 0.15) is 0 Å². The molecule has 0 heterocycles. The van der Waals surface area contributed by atoms with Gasteiger partial charge in [0.25, 0.3) is 5.69 Å². The molecular formula is C17H17NO5. The van der Waals surface area contributed by atoms with Crippen molar-refractivity contribution in [2.24, 2.45) is 0 Å². The van der Waals surface area contributed by atoms with Crippen LogP contribution in [0.4, 0.5) is 5.69 Å². The number of esters is 1. The summed E-state index contributed by atoms with van der Waals surface area (Å²) in [5, 5.41) is 10.8. The van der Waals surface area contributed by atoms with E-state index in [0.29, 0.717) is 6.42 Å². The van der Waals surface area contributed by atoms with Gasteiger partial charge in [-0.05, 0) is 25.0 Å². The van der Waals surface area contributed by atoms with Crippen LogP contribution >= 0.6 is 0 Å². The van der Waals surface area contributed by atoms with Crippen LogP contribution in [0.1, 0.15) is 17.5 Å². The average molecular weight is 315 g/mol. The molecule has 0 atom stereocenters. The normalized spacial score (nSPS) is 10.2. The molecule has 0 saturated heterocycles. The summed E-state index contributed by atoms with van der Waals surface area (Å²) in [6.45, 7) is 1.99. The van der Waals surface area contributed by atoms with Crippen LogP contribution in [0, 0.1) is 17.0 Å².